The number of aliphatic hydroxyl groups is 1. The first-order chi connectivity index (χ1) is 9.28. The van der Waals surface area contributed by atoms with Crippen LogP contribution in [-0.2, 0) is 16.7 Å². The Morgan fingerprint density at radius 2 is 1.95 bits per heavy atom. The van der Waals surface area contributed by atoms with Crippen LogP contribution in [-0.4, -0.2) is 52.6 Å². The Hall–Kier alpha value is -0.980. The van der Waals surface area contributed by atoms with Gasteiger partial charge in [0.05, 0.1) is 12.1 Å². The van der Waals surface area contributed by atoms with E-state index < -0.39 is 5.60 Å². The summed E-state index contributed by atoms with van der Waals surface area (Å²) in [4.78, 5) is 6.44. The van der Waals surface area contributed by atoms with E-state index in [1.807, 2.05) is 32.7 Å². The molecular weight excluding hydrogens is 258 g/mol. The van der Waals surface area contributed by atoms with Crippen LogP contribution in [0.5, 0.6) is 0 Å². The van der Waals surface area contributed by atoms with Gasteiger partial charge >= 0.3 is 0 Å². The molecule has 1 saturated heterocycles. The first kappa shape index (κ1) is 15.4. The quantitative estimate of drug-likeness (QED) is 0.899. The summed E-state index contributed by atoms with van der Waals surface area (Å²) in [7, 11) is 1.96. The lowest BCUT2D eigenvalue weighted by molar-refractivity contribution is -0.0779. The fourth-order valence-corrected chi connectivity index (χ4v) is 2.33. The van der Waals surface area contributed by atoms with Crippen molar-refractivity contribution in [3.63, 3.8) is 0 Å². The van der Waals surface area contributed by atoms with Gasteiger partial charge in [-0.05, 0) is 7.05 Å². The first-order valence-corrected chi connectivity index (χ1v) is 7.10. The van der Waals surface area contributed by atoms with E-state index in [2.05, 4.69) is 10.1 Å². The minimum atomic E-state index is -0.663. The van der Waals surface area contributed by atoms with Gasteiger partial charge in [-0.3, -0.25) is 4.90 Å². The number of likely N-dealkylation sites (N-methyl/N-ethyl adjacent to an activating group) is 1. The van der Waals surface area contributed by atoms with Crippen molar-refractivity contribution in [3.8, 4) is 0 Å². The minimum Gasteiger partial charge on any atom is -0.388 e. The fraction of sp³-hybridized carbons (Fsp3) is 0.857. The van der Waals surface area contributed by atoms with Crippen molar-refractivity contribution < 1.29 is 14.4 Å². The molecule has 1 N–H and O–H groups in total. The molecule has 0 bridgehead atoms. The number of hydrogen-bond donors (Lipinski definition) is 1. The monoisotopic (exact) mass is 283 g/mol. The maximum atomic E-state index is 10.5. The molecule has 2 rings (SSSR count). The summed E-state index contributed by atoms with van der Waals surface area (Å²) < 4.78 is 10.6. The summed E-state index contributed by atoms with van der Waals surface area (Å²) in [6, 6.07) is 0. The highest BCUT2D eigenvalue weighted by Gasteiger charge is 2.31. The molecule has 1 aliphatic rings. The molecule has 0 aliphatic carbocycles. The molecule has 0 aromatic carbocycles. The Bertz CT molecular complexity index is 433. The van der Waals surface area contributed by atoms with Crippen molar-refractivity contribution in [1.82, 2.24) is 15.0 Å². The third-order valence-corrected chi connectivity index (χ3v) is 3.51. The zero-order valence-electron chi connectivity index (χ0n) is 12.8. The van der Waals surface area contributed by atoms with E-state index in [0.29, 0.717) is 50.9 Å². The van der Waals surface area contributed by atoms with Gasteiger partial charge in [-0.15, -0.1) is 0 Å². The lowest BCUT2D eigenvalue weighted by Gasteiger charge is -2.35. The van der Waals surface area contributed by atoms with Gasteiger partial charge in [-0.25, -0.2) is 0 Å². The highest BCUT2D eigenvalue weighted by Crippen LogP contribution is 2.23. The van der Waals surface area contributed by atoms with E-state index in [4.69, 9.17) is 9.26 Å². The number of aromatic nitrogens is 2. The van der Waals surface area contributed by atoms with E-state index in [1.54, 1.807) is 0 Å². The predicted octanol–water partition coefficient (Wildman–Crippen LogP) is 1.34. The van der Waals surface area contributed by atoms with Crippen LogP contribution in [0, 0.1) is 0 Å². The van der Waals surface area contributed by atoms with Gasteiger partial charge in [0.1, 0.15) is 0 Å². The van der Waals surface area contributed by atoms with E-state index in [-0.39, 0.29) is 5.41 Å². The summed E-state index contributed by atoms with van der Waals surface area (Å²) in [6.07, 6.45) is 1.35. The summed E-state index contributed by atoms with van der Waals surface area (Å²) in [5.74, 6) is 1.30. The minimum absolute atomic E-state index is 0.136. The lowest BCUT2D eigenvalue weighted by Crippen LogP contribution is -2.45. The van der Waals surface area contributed by atoms with Crippen LogP contribution in [0.1, 0.15) is 45.3 Å². The van der Waals surface area contributed by atoms with Gasteiger partial charge in [0.25, 0.3) is 0 Å². The molecule has 114 valence electrons. The van der Waals surface area contributed by atoms with Crippen LogP contribution in [0.4, 0.5) is 0 Å². The molecule has 0 saturated carbocycles. The summed E-state index contributed by atoms with van der Waals surface area (Å²) in [5, 5.41) is 14.5. The molecule has 6 heteroatoms. The van der Waals surface area contributed by atoms with Crippen molar-refractivity contribution >= 4 is 0 Å². The van der Waals surface area contributed by atoms with Crippen molar-refractivity contribution in [3.05, 3.63) is 11.7 Å². The molecule has 0 radical (unpaired) electrons. The fourth-order valence-electron chi connectivity index (χ4n) is 2.33. The maximum Gasteiger partial charge on any atom is 0.232 e. The molecule has 1 aromatic rings. The molecule has 20 heavy (non-hydrogen) atoms. The van der Waals surface area contributed by atoms with Gasteiger partial charge in [-0.2, -0.15) is 4.98 Å². The maximum absolute atomic E-state index is 10.5. The summed E-state index contributed by atoms with van der Waals surface area (Å²) in [5.41, 5.74) is -0.799. The normalized spacial score (nSPS) is 19.5. The van der Waals surface area contributed by atoms with Crippen molar-refractivity contribution in [2.45, 2.75) is 51.2 Å². The average Bonchev–Trinajstić information content (AvgIpc) is 2.77. The zero-order chi connectivity index (χ0) is 14.8. The summed E-state index contributed by atoms with van der Waals surface area (Å²) in [6.45, 7) is 8.54. The third kappa shape index (κ3) is 4.01. The van der Waals surface area contributed by atoms with Crippen molar-refractivity contribution in [2.75, 3.05) is 26.8 Å². The van der Waals surface area contributed by atoms with Crippen LogP contribution >= 0.6 is 0 Å². The second-order valence-corrected chi connectivity index (χ2v) is 6.77. The highest BCUT2D eigenvalue weighted by molar-refractivity contribution is 4.98. The molecule has 0 spiro atoms. The molecule has 6 nitrogen and oxygen atoms in total. The molecule has 2 heterocycles. The van der Waals surface area contributed by atoms with E-state index in [1.165, 1.54) is 0 Å². The third-order valence-electron chi connectivity index (χ3n) is 3.51. The van der Waals surface area contributed by atoms with E-state index in [0.717, 1.165) is 0 Å². The standard InChI is InChI=1S/C14H25N3O3/c1-13(2,3)12-15-11(16-20-12)9-17(4)10-14(18)5-7-19-8-6-14/h18H,5-10H2,1-4H3. The van der Waals surface area contributed by atoms with Gasteiger partial charge in [0, 0.05) is 38.0 Å². The van der Waals surface area contributed by atoms with Gasteiger partial charge < -0.3 is 14.4 Å². The van der Waals surface area contributed by atoms with Crippen LogP contribution in [0.25, 0.3) is 0 Å². The van der Waals surface area contributed by atoms with Gasteiger partial charge in [0.15, 0.2) is 5.82 Å². The van der Waals surface area contributed by atoms with Crippen LogP contribution < -0.4 is 0 Å². The predicted molar refractivity (Wildman–Crippen MR) is 74.3 cm³/mol. The van der Waals surface area contributed by atoms with Crippen molar-refractivity contribution in [2.24, 2.45) is 0 Å². The van der Waals surface area contributed by atoms with Crippen LogP contribution in [0.15, 0.2) is 4.52 Å². The van der Waals surface area contributed by atoms with Gasteiger partial charge in [0.2, 0.25) is 5.89 Å². The molecule has 1 aromatic heterocycles. The van der Waals surface area contributed by atoms with E-state index in [9.17, 15) is 5.11 Å². The largest absolute Gasteiger partial charge is 0.388 e. The molecular formula is C14H25N3O3. The topological polar surface area (TPSA) is 71.6 Å². The van der Waals surface area contributed by atoms with E-state index >= 15 is 0 Å². The Labute approximate surface area is 120 Å². The second-order valence-electron chi connectivity index (χ2n) is 6.77. The van der Waals surface area contributed by atoms with Crippen LogP contribution in [0.2, 0.25) is 0 Å². The Morgan fingerprint density at radius 3 is 2.50 bits per heavy atom. The number of nitrogens with zero attached hydrogens (tertiary/aromatic N) is 3. The average molecular weight is 283 g/mol. The number of ether oxygens (including phenoxy) is 1. The second kappa shape index (κ2) is 5.79. The Kier molecular flexibility index (Phi) is 4.46. The zero-order valence-corrected chi connectivity index (χ0v) is 12.8. The SMILES string of the molecule is CN(Cc1noc(C(C)(C)C)n1)CC1(O)CCOCC1. The molecule has 0 atom stereocenters. The number of rotatable bonds is 4. The molecule has 1 aliphatic heterocycles. The highest BCUT2D eigenvalue weighted by atomic mass is 16.5. The summed E-state index contributed by atoms with van der Waals surface area (Å²) >= 11 is 0. The first-order valence-electron chi connectivity index (χ1n) is 7.10. The lowest BCUT2D eigenvalue weighted by atomic mass is 9.94. The molecule has 0 unspecified atom stereocenters. The molecule has 1 fully saturated rings. The Morgan fingerprint density at radius 1 is 1.30 bits per heavy atom. The number of hydrogen-bond acceptors (Lipinski definition) is 6. The van der Waals surface area contributed by atoms with Crippen LogP contribution in [0.3, 0.4) is 0 Å². The molecule has 0 amide bonds. The van der Waals surface area contributed by atoms with Crippen molar-refractivity contribution in [1.29, 1.82) is 0 Å². The Balaban J connectivity index is 1.91. The van der Waals surface area contributed by atoms with Gasteiger partial charge in [-0.1, -0.05) is 25.9 Å². The smallest absolute Gasteiger partial charge is 0.232 e.